The van der Waals surface area contributed by atoms with E-state index in [1.807, 2.05) is 19.1 Å². The molecule has 2 aromatic heterocycles. The van der Waals surface area contributed by atoms with Crippen LogP contribution in [0.2, 0.25) is 0 Å². The third-order valence-corrected chi connectivity index (χ3v) is 2.49. The molecule has 0 aromatic carbocycles. The van der Waals surface area contributed by atoms with E-state index in [-0.39, 0.29) is 0 Å². The Balaban J connectivity index is 2.53. The summed E-state index contributed by atoms with van der Waals surface area (Å²) in [5.74, 6) is -0.482. The third kappa shape index (κ3) is 2.29. The van der Waals surface area contributed by atoms with Gasteiger partial charge in [0.2, 0.25) is 5.69 Å². The van der Waals surface area contributed by atoms with Crippen molar-refractivity contribution >= 4 is 5.97 Å². The Hall–Kier alpha value is -2.43. The molecule has 0 aliphatic heterocycles. The van der Waals surface area contributed by atoms with E-state index in [9.17, 15) is 10.0 Å². The van der Waals surface area contributed by atoms with Crippen LogP contribution in [0, 0.1) is 12.1 Å². The molecule has 0 unspecified atom stereocenters. The molecule has 0 spiro atoms. The van der Waals surface area contributed by atoms with Crippen LogP contribution < -0.4 is 4.73 Å². The van der Waals surface area contributed by atoms with Gasteiger partial charge in [-0.05, 0) is 19.1 Å². The molecular weight excluding hydrogens is 232 g/mol. The topological polar surface area (TPSA) is 66.1 Å². The van der Waals surface area contributed by atoms with Crippen molar-refractivity contribution in [2.75, 3.05) is 7.11 Å². The van der Waals surface area contributed by atoms with E-state index in [0.29, 0.717) is 21.7 Å². The Bertz CT molecular complexity index is 597. The summed E-state index contributed by atoms with van der Waals surface area (Å²) in [4.78, 5) is 15.7. The molecule has 0 N–H and O–H groups in total. The summed E-state index contributed by atoms with van der Waals surface area (Å²) in [5, 5.41) is 11.7. The Labute approximate surface area is 104 Å². The van der Waals surface area contributed by atoms with Crippen LogP contribution in [0.1, 0.15) is 16.1 Å². The minimum Gasteiger partial charge on any atom is -0.618 e. The van der Waals surface area contributed by atoms with Crippen LogP contribution in [0.3, 0.4) is 0 Å². The number of methoxy groups -OCH3 is 1. The van der Waals surface area contributed by atoms with Crippen molar-refractivity contribution in [3.8, 4) is 11.4 Å². The molecule has 18 heavy (non-hydrogen) atoms. The molecule has 2 heterocycles. The smallest absolute Gasteiger partial charge is 0.338 e. The minimum absolute atomic E-state index is 0.321. The molecule has 0 saturated heterocycles. The fourth-order valence-corrected chi connectivity index (χ4v) is 1.60. The second-order valence-corrected chi connectivity index (χ2v) is 3.78. The van der Waals surface area contributed by atoms with Gasteiger partial charge in [-0.1, -0.05) is 6.07 Å². The molecule has 0 saturated carbocycles. The normalized spacial score (nSPS) is 10.1. The summed E-state index contributed by atoms with van der Waals surface area (Å²) in [6, 6.07) is 8.25. The SMILES string of the molecule is COC(=O)c1cc[n+]([O-])c(-c2cccc(C)n2)c1. The molecule has 0 aliphatic carbocycles. The molecule has 0 fully saturated rings. The van der Waals surface area contributed by atoms with Crippen LogP contribution in [0.4, 0.5) is 0 Å². The van der Waals surface area contributed by atoms with Gasteiger partial charge in [0.15, 0.2) is 6.20 Å². The monoisotopic (exact) mass is 244 g/mol. The van der Waals surface area contributed by atoms with Gasteiger partial charge in [0.1, 0.15) is 5.69 Å². The average molecular weight is 244 g/mol. The molecule has 0 atom stereocenters. The third-order valence-electron chi connectivity index (χ3n) is 2.49. The van der Waals surface area contributed by atoms with Crippen molar-refractivity contribution in [1.82, 2.24) is 4.98 Å². The predicted octanol–water partition coefficient (Wildman–Crippen LogP) is 1.48. The maximum Gasteiger partial charge on any atom is 0.338 e. The van der Waals surface area contributed by atoms with E-state index < -0.39 is 5.97 Å². The van der Waals surface area contributed by atoms with E-state index >= 15 is 0 Å². The van der Waals surface area contributed by atoms with Crippen LogP contribution >= 0.6 is 0 Å². The predicted molar refractivity (Wildman–Crippen MR) is 64.7 cm³/mol. The maximum atomic E-state index is 11.7. The summed E-state index contributed by atoms with van der Waals surface area (Å²) in [6.45, 7) is 1.84. The number of carbonyl (C=O) groups excluding carboxylic acids is 1. The Morgan fingerprint density at radius 3 is 2.83 bits per heavy atom. The standard InChI is InChI=1S/C13H12N2O3/c1-9-4-3-5-11(14-9)12-8-10(13(16)18-2)6-7-15(12)17/h3-8H,1-2H3. The van der Waals surface area contributed by atoms with Crippen molar-refractivity contribution in [3.05, 3.63) is 53.0 Å². The van der Waals surface area contributed by atoms with E-state index in [1.165, 1.54) is 25.4 Å². The second kappa shape index (κ2) is 4.83. The first-order valence-electron chi connectivity index (χ1n) is 5.37. The van der Waals surface area contributed by atoms with Crippen LogP contribution in [0.5, 0.6) is 0 Å². The number of pyridine rings is 2. The van der Waals surface area contributed by atoms with Crippen LogP contribution in [-0.4, -0.2) is 18.1 Å². The number of aryl methyl sites for hydroxylation is 1. The van der Waals surface area contributed by atoms with Crippen LogP contribution in [-0.2, 0) is 4.74 Å². The number of carbonyl (C=O) groups is 1. The lowest BCUT2D eigenvalue weighted by Gasteiger charge is -2.06. The molecule has 0 bridgehead atoms. The molecule has 2 aromatic rings. The Morgan fingerprint density at radius 1 is 1.39 bits per heavy atom. The zero-order chi connectivity index (χ0) is 13.1. The molecule has 0 radical (unpaired) electrons. The van der Waals surface area contributed by atoms with Crippen LogP contribution in [0.25, 0.3) is 11.4 Å². The van der Waals surface area contributed by atoms with Gasteiger partial charge < -0.3 is 9.94 Å². The molecule has 92 valence electrons. The number of aromatic nitrogens is 2. The average Bonchev–Trinajstić information content (AvgIpc) is 2.38. The molecule has 0 amide bonds. The first-order chi connectivity index (χ1) is 8.61. The first-order valence-corrected chi connectivity index (χ1v) is 5.37. The first kappa shape index (κ1) is 12.0. The number of hydrogen-bond acceptors (Lipinski definition) is 4. The number of nitrogens with zero attached hydrogens (tertiary/aromatic N) is 2. The molecule has 5 heteroatoms. The van der Waals surface area contributed by atoms with E-state index in [0.717, 1.165) is 5.69 Å². The number of rotatable bonds is 2. The van der Waals surface area contributed by atoms with Crippen molar-refractivity contribution in [2.45, 2.75) is 6.92 Å². The van der Waals surface area contributed by atoms with E-state index in [2.05, 4.69) is 9.72 Å². The number of ether oxygens (including phenoxy) is 1. The molecule has 2 rings (SSSR count). The highest BCUT2D eigenvalue weighted by Crippen LogP contribution is 2.14. The maximum absolute atomic E-state index is 11.7. The Kier molecular flexibility index (Phi) is 3.23. The van der Waals surface area contributed by atoms with Gasteiger partial charge in [0, 0.05) is 17.8 Å². The lowest BCUT2D eigenvalue weighted by Crippen LogP contribution is -2.29. The van der Waals surface area contributed by atoms with Crippen molar-refractivity contribution in [3.63, 3.8) is 0 Å². The summed E-state index contributed by atoms with van der Waals surface area (Å²) in [6.07, 6.45) is 1.27. The van der Waals surface area contributed by atoms with Gasteiger partial charge in [0.25, 0.3) is 0 Å². The van der Waals surface area contributed by atoms with Gasteiger partial charge in [-0.2, -0.15) is 4.73 Å². The largest absolute Gasteiger partial charge is 0.618 e. The highest BCUT2D eigenvalue weighted by atomic mass is 16.5. The highest BCUT2D eigenvalue weighted by molar-refractivity contribution is 5.89. The fraction of sp³-hybridized carbons (Fsp3) is 0.154. The van der Waals surface area contributed by atoms with Gasteiger partial charge in [-0.3, -0.25) is 0 Å². The molecule has 0 aliphatic rings. The van der Waals surface area contributed by atoms with Gasteiger partial charge in [-0.15, -0.1) is 0 Å². The zero-order valence-electron chi connectivity index (χ0n) is 10.1. The second-order valence-electron chi connectivity index (χ2n) is 3.78. The van der Waals surface area contributed by atoms with Gasteiger partial charge >= 0.3 is 5.97 Å². The summed E-state index contributed by atoms with van der Waals surface area (Å²) >= 11 is 0. The Morgan fingerprint density at radius 2 is 2.17 bits per heavy atom. The zero-order valence-corrected chi connectivity index (χ0v) is 10.1. The number of hydrogen-bond donors (Lipinski definition) is 0. The lowest BCUT2D eigenvalue weighted by molar-refractivity contribution is -0.593. The summed E-state index contributed by atoms with van der Waals surface area (Å²) < 4.78 is 5.29. The van der Waals surface area contributed by atoms with Crippen molar-refractivity contribution < 1.29 is 14.3 Å². The van der Waals surface area contributed by atoms with Crippen LogP contribution in [0.15, 0.2) is 36.5 Å². The minimum atomic E-state index is -0.482. The van der Waals surface area contributed by atoms with Crippen molar-refractivity contribution in [1.29, 1.82) is 0 Å². The summed E-state index contributed by atoms with van der Waals surface area (Å²) in [7, 11) is 1.30. The molecule has 5 nitrogen and oxygen atoms in total. The summed E-state index contributed by atoms with van der Waals surface area (Å²) in [5.41, 5.74) is 1.97. The lowest BCUT2D eigenvalue weighted by atomic mass is 10.1. The van der Waals surface area contributed by atoms with Gasteiger partial charge in [-0.25, -0.2) is 9.78 Å². The van der Waals surface area contributed by atoms with E-state index in [1.54, 1.807) is 6.07 Å². The number of esters is 1. The van der Waals surface area contributed by atoms with Crippen molar-refractivity contribution in [2.24, 2.45) is 0 Å². The van der Waals surface area contributed by atoms with E-state index in [4.69, 9.17) is 0 Å². The fourth-order valence-electron chi connectivity index (χ4n) is 1.60. The van der Waals surface area contributed by atoms with Gasteiger partial charge in [0.05, 0.1) is 12.7 Å². The quantitative estimate of drug-likeness (QED) is 0.456. The molecular formula is C13H12N2O3. The highest BCUT2D eigenvalue weighted by Gasteiger charge is 2.15.